The van der Waals surface area contributed by atoms with E-state index in [1.165, 1.54) is 0 Å². The fraction of sp³-hybridized carbons (Fsp3) is 0.200. The lowest BCUT2D eigenvalue weighted by molar-refractivity contribution is -0.137. The summed E-state index contributed by atoms with van der Waals surface area (Å²) >= 11 is 0. The van der Waals surface area contributed by atoms with E-state index in [4.69, 9.17) is 9.66 Å². The quantitative estimate of drug-likeness (QED) is 0.347. The fourth-order valence-corrected chi connectivity index (χ4v) is 0.585. The number of carboxylic acid groups (broad SMARTS) is 1. The Balaban J connectivity index is 3.98. The van der Waals surface area contributed by atoms with Crippen LogP contribution in [0.1, 0.15) is 0 Å². The highest BCUT2D eigenvalue weighted by atomic mass is 32.2. The number of ether oxygens (including phenoxy) is 1. The molecule has 0 saturated heterocycles. The minimum absolute atomic E-state index is 0.478. The number of carboxylic acids is 1. The van der Waals surface area contributed by atoms with Crippen molar-refractivity contribution in [2.24, 2.45) is 0 Å². The summed E-state index contributed by atoms with van der Waals surface area (Å²) in [5.74, 6) is -3.74. The molecule has 0 amide bonds. The van der Waals surface area contributed by atoms with E-state index in [2.05, 4.69) is 4.74 Å². The summed E-state index contributed by atoms with van der Waals surface area (Å²) in [5, 5.41) is 8.03. The molecule has 0 aliphatic carbocycles. The summed E-state index contributed by atoms with van der Waals surface area (Å²) in [6.45, 7) is 0. The molecule has 0 aliphatic heterocycles. The van der Waals surface area contributed by atoms with E-state index in [0.29, 0.717) is 12.2 Å². The normalized spacial score (nSPS) is 11.5. The van der Waals surface area contributed by atoms with E-state index in [-0.39, 0.29) is 0 Å². The molecule has 0 radical (unpaired) electrons. The number of hydrogen-bond acceptors (Lipinski definition) is 5. The van der Waals surface area contributed by atoms with Gasteiger partial charge in [0.05, 0.1) is 0 Å². The Kier molecular flexibility index (Phi) is 4.08. The minimum atomic E-state index is -4.38. The topological polar surface area (TPSA) is 118 Å². The van der Waals surface area contributed by atoms with Gasteiger partial charge in [0.25, 0.3) is 0 Å². The van der Waals surface area contributed by atoms with Gasteiger partial charge in [-0.3, -0.25) is 4.55 Å². The molecule has 0 bridgehead atoms. The van der Waals surface area contributed by atoms with Gasteiger partial charge in [-0.05, 0) is 0 Å². The van der Waals surface area contributed by atoms with Crippen molar-refractivity contribution in [2.45, 2.75) is 0 Å². The van der Waals surface area contributed by atoms with Gasteiger partial charge in [0.2, 0.25) is 5.94 Å². The highest BCUT2D eigenvalue weighted by Crippen LogP contribution is 1.87. The van der Waals surface area contributed by atoms with Gasteiger partial charge in [0, 0.05) is 12.2 Å². The Hall–Kier alpha value is -1.41. The van der Waals surface area contributed by atoms with Gasteiger partial charge in [-0.1, -0.05) is 0 Å². The second-order valence-corrected chi connectivity index (χ2v) is 3.23. The van der Waals surface area contributed by atoms with Crippen LogP contribution in [0.3, 0.4) is 0 Å². The Morgan fingerprint density at radius 3 is 2.23 bits per heavy atom. The number of rotatable bonds is 4. The number of carbonyl (C=O) groups excluding carboxylic acids is 1. The Labute approximate surface area is 73.4 Å². The summed E-state index contributed by atoms with van der Waals surface area (Å²) in [7, 11) is -4.38. The summed E-state index contributed by atoms with van der Waals surface area (Å²) in [5.41, 5.74) is 0. The molecular formula is C5H6O7S. The standard InChI is InChI=1S/C5H6O7S/c6-4(7)1-2-5(8)12-3-13(9,10)11/h1-2H,3H2,(H,6,7)(H,9,10,11)/b2-1+. The van der Waals surface area contributed by atoms with Crippen molar-refractivity contribution in [3.63, 3.8) is 0 Å². The monoisotopic (exact) mass is 210 g/mol. The molecule has 0 heterocycles. The molecule has 0 aromatic rings. The molecule has 0 atom stereocenters. The Bertz CT molecular complexity index is 325. The van der Waals surface area contributed by atoms with Crippen molar-refractivity contribution in [2.75, 3.05) is 5.94 Å². The van der Waals surface area contributed by atoms with Gasteiger partial charge in [0.15, 0.2) is 0 Å². The summed E-state index contributed by atoms with van der Waals surface area (Å²) in [4.78, 5) is 20.3. The van der Waals surface area contributed by atoms with Crippen molar-refractivity contribution < 1.29 is 32.4 Å². The van der Waals surface area contributed by atoms with Crippen molar-refractivity contribution in [1.82, 2.24) is 0 Å². The van der Waals surface area contributed by atoms with E-state index >= 15 is 0 Å². The van der Waals surface area contributed by atoms with Gasteiger partial charge >= 0.3 is 22.1 Å². The van der Waals surface area contributed by atoms with Gasteiger partial charge in [-0.25, -0.2) is 9.59 Å². The van der Waals surface area contributed by atoms with Crippen LogP contribution in [-0.4, -0.2) is 36.0 Å². The largest absolute Gasteiger partial charge is 0.478 e. The first-order valence-electron chi connectivity index (χ1n) is 2.84. The zero-order valence-corrected chi connectivity index (χ0v) is 7.02. The lowest BCUT2D eigenvalue weighted by atomic mass is 10.5. The second-order valence-electron chi connectivity index (χ2n) is 1.83. The molecule has 74 valence electrons. The predicted molar refractivity (Wildman–Crippen MR) is 39.3 cm³/mol. The summed E-state index contributed by atoms with van der Waals surface area (Å²) in [6, 6.07) is 0. The van der Waals surface area contributed by atoms with Crippen LogP contribution < -0.4 is 0 Å². The van der Waals surface area contributed by atoms with E-state index in [1.54, 1.807) is 0 Å². The molecule has 2 N–H and O–H groups in total. The molecule has 0 aromatic heterocycles. The summed E-state index contributed by atoms with van der Waals surface area (Å²) in [6.07, 6.45) is 1.000. The van der Waals surface area contributed by atoms with Crippen molar-refractivity contribution in [3.05, 3.63) is 12.2 Å². The van der Waals surface area contributed by atoms with Gasteiger partial charge in [0.1, 0.15) is 0 Å². The van der Waals surface area contributed by atoms with Crippen LogP contribution in [0.2, 0.25) is 0 Å². The summed E-state index contributed by atoms with van der Waals surface area (Å²) < 4.78 is 32.1. The van der Waals surface area contributed by atoms with Crippen molar-refractivity contribution in [1.29, 1.82) is 0 Å². The first kappa shape index (κ1) is 11.6. The van der Waals surface area contributed by atoms with E-state index < -0.39 is 28.0 Å². The van der Waals surface area contributed by atoms with Gasteiger partial charge < -0.3 is 9.84 Å². The van der Waals surface area contributed by atoms with E-state index in [1.807, 2.05) is 0 Å². The molecule has 0 unspecified atom stereocenters. The second kappa shape index (κ2) is 4.58. The maximum atomic E-state index is 10.4. The van der Waals surface area contributed by atoms with Crippen LogP contribution in [0.5, 0.6) is 0 Å². The van der Waals surface area contributed by atoms with Crippen molar-refractivity contribution >= 4 is 22.1 Å². The van der Waals surface area contributed by atoms with Crippen LogP contribution in [0.15, 0.2) is 12.2 Å². The Morgan fingerprint density at radius 2 is 1.85 bits per heavy atom. The van der Waals surface area contributed by atoms with Crippen LogP contribution in [0.25, 0.3) is 0 Å². The maximum Gasteiger partial charge on any atom is 0.332 e. The Morgan fingerprint density at radius 1 is 1.31 bits per heavy atom. The molecule has 7 nitrogen and oxygen atoms in total. The molecule has 0 spiro atoms. The average molecular weight is 210 g/mol. The lowest BCUT2D eigenvalue weighted by Gasteiger charge is -1.96. The minimum Gasteiger partial charge on any atom is -0.478 e. The van der Waals surface area contributed by atoms with Gasteiger partial charge in [-0.2, -0.15) is 8.42 Å². The van der Waals surface area contributed by atoms with Crippen LogP contribution in [0, 0.1) is 0 Å². The lowest BCUT2D eigenvalue weighted by Crippen LogP contribution is -2.11. The number of hydrogen-bond donors (Lipinski definition) is 2. The van der Waals surface area contributed by atoms with Crippen LogP contribution in [0.4, 0.5) is 0 Å². The molecule has 0 aromatic carbocycles. The fourth-order valence-electron chi connectivity index (χ4n) is 0.320. The number of carbonyl (C=O) groups is 2. The first-order valence-corrected chi connectivity index (χ1v) is 4.45. The number of esters is 1. The zero-order chi connectivity index (χ0) is 10.5. The highest BCUT2D eigenvalue weighted by molar-refractivity contribution is 7.85. The number of aliphatic carboxylic acids is 1. The average Bonchev–Trinajstić information content (AvgIpc) is 1.95. The van der Waals surface area contributed by atoms with Crippen LogP contribution >= 0.6 is 0 Å². The predicted octanol–water partition coefficient (Wildman–Crippen LogP) is -0.984. The van der Waals surface area contributed by atoms with Gasteiger partial charge in [-0.15, -0.1) is 0 Å². The molecule has 0 saturated carbocycles. The maximum absolute atomic E-state index is 10.4. The van der Waals surface area contributed by atoms with Crippen molar-refractivity contribution in [3.8, 4) is 0 Å². The third kappa shape index (κ3) is 8.50. The van der Waals surface area contributed by atoms with E-state index in [9.17, 15) is 18.0 Å². The molecule has 0 fully saturated rings. The third-order valence-electron chi connectivity index (χ3n) is 0.712. The van der Waals surface area contributed by atoms with Crippen LogP contribution in [-0.2, 0) is 24.4 Å². The highest BCUT2D eigenvalue weighted by Gasteiger charge is 2.07. The first-order chi connectivity index (χ1) is 5.81. The molecular weight excluding hydrogens is 204 g/mol. The zero-order valence-electron chi connectivity index (χ0n) is 6.21. The SMILES string of the molecule is O=C(O)/C=C/C(=O)OCS(=O)(=O)O. The molecule has 0 aliphatic rings. The third-order valence-corrected chi connectivity index (χ3v) is 1.13. The smallest absolute Gasteiger partial charge is 0.332 e. The molecule has 13 heavy (non-hydrogen) atoms. The molecule has 8 heteroatoms. The van der Waals surface area contributed by atoms with E-state index in [0.717, 1.165) is 0 Å². The molecule has 0 rings (SSSR count).